The van der Waals surface area contributed by atoms with Crippen molar-refractivity contribution in [3.05, 3.63) is 51.5 Å². The van der Waals surface area contributed by atoms with Gasteiger partial charge in [0.15, 0.2) is 5.96 Å². The average Bonchev–Trinajstić information content (AvgIpc) is 3.18. The van der Waals surface area contributed by atoms with Gasteiger partial charge in [-0.3, -0.25) is 9.89 Å². The summed E-state index contributed by atoms with van der Waals surface area (Å²) in [5.74, 6) is 0.859. The number of guanidine groups is 1. The van der Waals surface area contributed by atoms with Gasteiger partial charge in [-0.25, -0.2) is 4.98 Å². The van der Waals surface area contributed by atoms with Crippen LogP contribution in [0.2, 0.25) is 0 Å². The topological polar surface area (TPSA) is 52.6 Å². The Morgan fingerprint density at radius 2 is 2.00 bits per heavy atom. The van der Waals surface area contributed by atoms with E-state index in [0.29, 0.717) is 0 Å². The zero-order chi connectivity index (χ0) is 20.0. The quantitative estimate of drug-likeness (QED) is 0.326. The maximum atomic E-state index is 4.49. The molecule has 0 unspecified atom stereocenters. The Hall–Kier alpha value is -1.19. The van der Waals surface area contributed by atoms with Crippen molar-refractivity contribution in [3.8, 4) is 0 Å². The standard InChI is InChI=1S/C22H33N5S.HI/c1-5-19-14-25-20(28-19)10-12-24-21(23-4)26-16-22(2,3)27-13-11-17-8-6-7-9-18(17)15-27;/h6-9,14H,5,10-13,15-16H2,1-4H3,(H2,23,24,26);1H. The summed E-state index contributed by atoms with van der Waals surface area (Å²) in [5, 5.41) is 8.12. The van der Waals surface area contributed by atoms with Gasteiger partial charge >= 0.3 is 0 Å². The van der Waals surface area contributed by atoms with Crippen LogP contribution >= 0.6 is 35.3 Å². The first-order chi connectivity index (χ1) is 13.5. The number of hydrogen-bond acceptors (Lipinski definition) is 4. The van der Waals surface area contributed by atoms with E-state index in [0.717, 1.165) is 51.4 Å². The highest BCUT2D eigenvalue weighted by Crippen LogP contribution is 2.24. The molecular weight excluding hydrogens is 493 g/mol. The molecule has 0 saturated heterocycles. The number of aliphatic imine (C=N–C) groups is 1. The summed E-state index contributed by atoms with van der Waals surface area (Å²) in [4.78, 5) is 12.8. The first-order valence-electron chi connectivity index (χ1n) is 10.2. The molecule has 0 amide bonds. The number of nitrogens with one attached hydrogen (secondary N) is 2. The molecule has 160 valence electrons. The molecule has 0 radical (unpaired) electrons. The molecular formula is C22H34IN5S. The van der Waals surface area contributed by atoms with Crippen LogP contribution in [0.5, 0.6) is 0 Å². The Bertz CT molecular complexity index is 802. The number of aryl methyl sites for hydroxylation is 1. The molecule has 3 rings (SSSR count). The zero-order valence-electron chi connectivity index (χ0n) is 18.0. The highest BCUT2D eigenvalue weighted by atomic mass is 127. The lowest BCUT2D eigenvalue weighted by atomic mass is 9.94. The summed E-state index contributed by atoms with van der Waals surface area (Å²) in [6.45, 7) is 10.6. The van der Waals surface area contributed by atoms with Crippen LogP contribution < -0.4 is 10.6 Å². The predicted octanol–water partition coefficient (Wildman–Crippen LogP) is 3.87. The Kier molecular flexibility index (Phi) is 9.36. The summed E-state index contributed by atoms with van der Waals surface area (Å²) in [5.41, 5.74) is 3.00. The molecule has 2 heterocycles. The van der Waals surface area contributed by atoms with Crippen LogP contribution in [-0.2, 0) is 25.8 Å². The number of fused-ring (bicyclic) bond motifs is 1. The van der Waals surface area contributed by atoms with Gasteiger partial charge in [-0.2, -0.15) is 0 Å². The molecule has 0 saturated carbocycles. The Morgan fingerprint density at radius 1 is 1.24 bits per heavy atom. The number of rotatable bonds is 7. The highest BCUT2D eigenvalue weighted by Gasteiger charge is 2.29. The smallest absolute Gasteiger partial charge is 0.191 e. The van der Waals surface area contributed by atoms with Crippen molar-refractivity contribution < 1.29 is 0 Å². The number of thiazole rings is 1. The monoisotopic (exact) mass is 527 g/mol. The predicted molar refractivity (Wildman–Crippen MR) is 135 cm³/mol. The minimum atomic E-state index is 0. The van der Waals surface area contributed by atoms with Gasteiger partial charge in [0.1, 0.15) is 0 Å². The van der Waals surface area contributed by atoms with Crippen LogP contribution in [0.3, 0.4) is 0 Å². The minimum Gasteiger partial charge on any atom is -0.356 e. The van der Waals surface area contributed by atoms with Crippen LogP contribution in [0.1, 0.15) is 41.8 Å². The van der Waals surface area contributed by atoms with Gasteiger partial charge in [-0.05, 0) is 37.8 Å². The van der Waals surface area contributed by atoms with E-state index < -0.39 is 0 Å². The molecule has 0 bridgehead atoms. The first-order valence-corrected chi connectivity index (χ1v) is 11.0. The third-order valence-electron chi connectivity index (χ3n) is 5.48. The van der Waals surface area contributed by atoms with Gasteiger partial charge in [0, 0.05) is 56.3 Å². The lowest BCUT2D eigenvalue weighted by Gasteiger charge is -2.42. The normalized spacial score (nSPS) is 14.8. The van der Waals surface area contributed by atoms with Crippen molar-refractivity contribution in [2.24, 2.45) is 4.99 Å². The van der Waals surface area contributed by atoms with Gasteiger partial charge in [-0.1, -0.05) is 31.2 Å². The molecule has 2 N–H and O–H groups in total. The van der Waals surface area contributed by atoms with Crippen LogP contribution in [0.25, 0.3) is 0 Å². The van der Waals surface area contributed by atoms with E-state index in [1.807, 2.05) is 13.2 Å². The third kappa shape index (κ3) is 6.65. The molecule has 0 spiro atoms. The Labute approximate surface area is 196 Å². The van der Waals surface area contributed by atoms with Crippen LogP contribution in [0, 0.1) is 0 Å². The van der Waals surface area contributed by atoms with E-state index in [-0.39, 0.29) is 29.5 Å². The molecule has 5 nitrogen and oxygen atoms in total. The number of halogens is 1. The summed E-state index contributed by atoms with van der Waals surface area (Å²) >= 11 is 1.80. The molecule has 29 heavy (non-hydrogen) atoms. The van der Waals surface area contributed by atoms with Gasteiger partial charge in [0.25, 0.3) is 0 Å². The Balaban J connectivity index is 0.00000300. The largest absolute Gasteiger partial charge is 0.356 e. The van der Waals surface area contributed by atoms with E-state index >= 15 is 0 Å². The lowest BCUT2D eigenvalue weighted by Crippen LogP contribution is -2.54. The zero-order valence-corrected chi connectivity index (χ0v) is 21.1. The second-order valence-corrected chi connectivity index (χ2v) is 9.13. The van der Waals surface area contributed by atoms with Crippen LogP contribution in [0.4, 0.5) is 0 Å². The number of hydrogen-bond donors (Lipinski definition) is 2. The van der Waals surface area contributed by atoms with E-state index in [4.69, 9.17) is 0 Å². The summed E-state index contributed by atoms with van der Waals surface area (Å²) < 4.78 is 0. The molecule has 0 atom stereocenters. The molecule has 1 aromatic carbocycles. The molecule has 2 aromatic rings. The molecule has 1 aliphatic heterocycles. The van der Waals surface area contributed by atoms with Crippen LogP contribution in [0.15, 0.2) is 35.5 Å². The fourth-order valence-corrected chi connectivity index (χ4v) is 4.42. The van der Waals surface area contributed by atoms with Crippen LogP contribution in [-0.4, -0.2) is 48.1 Å². The minimum absolute atomic E-state index is 0. The maximum absolute atomic E-state index is 4.49. The van der Waals surface area contributed by atoms with Gasteiger partial charge in [0.2, 0.25) is 0 Å². The van der Waals surface area contributed by atoms with E-state index in [9.17, 15) is 0 Å². The summed E-state index contributed by atoms with van der Waals surface area (Å²) in [6.07, 6.45) is 5.11. The number of benzene rings is 1. The lowest BCUT2D eigenvalue weighted by molar-refractivity contribution is 0.107. The third-order valence-corrected chi connectivity index (χ3v) is 6.68. The Morgan fingerprint density at radius 3 is 2.69 bits per heavy atom. The SMILES string of the molecule is CCc1cnc(CCNC(=NC)NCC(C)(C)N2CCc3ccccc3C2)s1.I. The molecule has 1 aromatic heterocycles. The first kappa shape index (κ1) is 24.1. The molecule has 0 aliphatic carbocycles. The van der Waals surface area contributed by atoms with Crippen molar-refractivity contribution >= 4 is 41.3 Å². The second-order valence-electron chi connectivity index (χ2n) is 7.93. The molecule has 0 fully saturated rings. The van der Waals surface area contributed by atoms with Crippen molar-refractivity contribution in [2.45, 2.75) is 52.1 Å². The van der Waals surface area contributed by atoms with Crippen molar-refractivity contribution in [1.29, 1.82) is 0 Å². The fraction of sp³-hybridized carbons (Fsp3) is 0.545. The van der Waals surface area contributed by atoms with Gasteiger partial charge in [0.05, 0.1) is 5.01 Å². The van der Waals surface area contributed by atoms with E-state index in [1.165, 1.54) is 21.0 Å². The molecule has 1 aliphatic rings. The molecule has 7 heteroatoms. The van der Waals surface area contributed by atoms with Crippen molar-refractivity contribution in [1.82, 2.24) is 20.5 Å². The maximum Gasteiger partial charge on any atom is 0.191 e. The second kappa shape index (κ2) is 11.3. The number of aromatic nitrogens is 1. The summed E-state index contributed by atoms with van der Waals surface area (Å²) in [6, 6.07) is 8.81. The average molecular weight is 528 g/mol. The highest BCUT2D eigenvalue weighted by molar-refractivity contribution is 14.0. The van der Waals surface area contributed by atoms with E-state index in [1.54, 1.807) is 11.3 Å². The number of nitrogens with zero attached hydrogens (tertiary/aromatic N) is 3. The van der Waals surface area contributed by atoms with E-state index in [2.05, 4.69) is 70.5 Å². The summed E-state index contributed by atoms with van der Waals surface area (Å²) in [7, 11) is 1.83. The van der Waals surface area contributed by atoms with Crippen molar-refractivity contribution in [2.75, 3.05) is 26.7 Å². The van der Waals surface area contributed by atoms with Gasteiger partial charge in [-0.15, -0.1) is 35.3 Å². The van der Waals surface area contributed by atoms with Crippen molar-refractivity contribution in [3.63, 3.8) is 0 Å². The fourth-order valence-electron chi connectivity index (χ4n) is 3.56. The van der Waals surface area contributed by atoms with Gasteiger partial charge < -0.3 is 10.6 Å².